The Morgan fingerprint density at radius 3 is 2.60 bits per heavy atom. The Labute approximate surface area is 152 Å². The van der Waals surface area contributed by atoms with Crippen molar-refractivity contribution in [2.24, 2.45) is 0 Å². The molecule has 0 radical (unpaired) electrons. The minimum absolute atomic E-state index is 0.0208. The Kier molecular flexibility index (Phi) is 7.47. The van der Waals surface area contributed by atoms with E-state index < -0.39 is 0 Å². The van der Waals surface area contributed by atoms with Crippen LogP contribution in [0.4, 0.5) is 11.4 Å². The van der Waals surface area contributed by atoms with E-state index in [1.54, 1.807) is 24.5 Å². The number of benzene rings is 1. The summed E-state index contributed by atoms with van der Waals surface area (Å²) in [5.41, 5.74) is 1.48. The van der Waals surface area contributed by atoms with Crippen molar-refractivity contribution in [3.8, 4) is 0 Å². The van der Waals surface area contributed by atoms with Crippen LogP contribution in [-0.4, -0.2) is 22.0 Å². The molecule has 2 amide bonds. The van der Waals surface area contributed by atoms with Crippen LogP contribution in [0.15, 0.2) is 53.7 Å². The Bertz CT molecular complexity index is 707. The van der Waals surface area contributed by atoms with E-state index in [9.17, 15) is 9.59 Å². The summed E-state index contributed by atoms with van der Waals surface area (Å²) in [4.78, 5) is 29.0. The molecule has 1 heterocycles. The van der Waals surface area contributed by atoms with Gasteiger partial charge in [-0.15, -0.1) is 11.8 Å². The number of anilines is 2. The van der Waals surface area contributed by atoms with Crippen LogP contribution < -0.4 is 10.6 Å². The predicted octanol–water partition coefficient (Wildman–Crippen LogP) is 4.33. The van der Waals surface area contributed by atoms with Crippen molar-refractivity contribution >= 4 is 35.0 Å². The highest BCUT2D eigenvalue weighted by Gasteiger charge is 2.15. The normalized spacial score (nSPS) is 11.6. The molecular weight excluding hydrogens is 334 g/mol. The van der Waals surface area contributed by atoms with E-state index in [1.807, 2.05) is 31.2 Å². The summed E-state index contributed by atoms with van der Waals surface area (Å²) < 4.78 is 0. The van der Waals surface area contributed by atoms with Gasteiger partial charge in [0.05, 0.1) is 5.25 Å². The number of unbranched alkanes of at least 4 members (excludes halogenated alkanes) is 1. The third-order valence-corrected chi connectivity index (χ3v) is 4.60. The maximum atomic E-state index is 12.3. The predicted molar refractivity (Wildman–Crippen MR) is 103 cm³/mol. The number of aromatic nitrogens is 1. The molecule has 1 unspecified atom stereocenters. The number of hydrogen-bond acceptors (Lipinski definition) is 4. The number of pyridine rings is 1. The van der Waals surface area contributed by atoms with E-state index in [4.69, 9.17) is 0 Å². The molecule has 132 valence electrons. The molecule has 0 aliphatic heterocycles. The summed E-state index contributed by atoms with van der Waals surface area (Å²) in [7, 11) is 0. The van der Waals surface area contributed by atoms with Gasteiger partial charge < -0.3 is 10.6 Å². The summed E-state index contributed by atoms with van der Waals surface area (Å²) in [6, 6.07) is 11.1. The van der Waals surface area contributed by atoms with Crippen molar-refractivity contribution in [3.05, 3.63) is 48.8 Å². The largest absolute Gasteiger partial charge is 0.326 e. The van der Waals surface area contributed by atoms with E-state index in [0.717, 1.165) is 29.1 Å². The molecule has 0 bridgehead atoms. The first-order valence-corrected chi connectivity index (χ1v) is 9.24. The van der Waals surface area contributed by atoms with Crippen molar-refractivity contribution in [1.82, 2.24) is 4.98 Å². The van der Waals surface area contributed by atoms with Gasteiger partial charge in [-0.3, -0.25) is 14.6 Å². The molecule has 0 saturated heterocycles. The first-order valence-electron chi connectivity index (χ1n) is 8.36. The van der Waals surface area contributed by atoms with Crippen LogP contribution >= 0.6 is 11.8 Å². The number of amides is 2. The van der Waals surface area contributed by atoms with Crippen molar-refractivity contribution < 1.29 is 9.59 Å². The molecule has 1 aromatic carbocycles. The van der Waals surface area contributed by atoms with Gasteiger partial charge in [0.25, 0.3) is 0 Å². The Morgan fingerprint density at radius 2 is 1.88 bits per heavy atom. The van der Waals surface area contributed by atoms with Crippen LogP contribution in [0.3, 0.4) is 0 Å². The molecule has 0 spiro atoms. The van der Waals surface area contributed by atoms with Crippen LogP contribution in [0.1, 0.15) is 33.1 Å². The molecule has 1 atom stereocenters. The second kappa shape index (κ2) is 9.84. The van der Waals surface area contributed by atoms with E-state index in [0.29, 0.717) is 6.42 Å². The molecule has 25 heavy (non-hydrogen) atoms. The number of carbonyl (C=O) groups excluding carboxylic acids is 2. The van der Waals surface area contributed by atoms with Crippen molar-refractivity contribution in [2.45, 2.75) is 43.3 Å². The zero-order chi connectivity index (χ0) is 18.1. The van der Waals surface area contributed by atoms with Crippen LogP contribution in [0.5, 0.6) is 0 Å². The van der Waals surface area contributed by atoms with Gasteiger partial charge in [-0.05, 0) is 43.7 Å². The fraction of sp³-hybridized carbons (Fsp3) is 0.316. The van der Waals surface area contributed by atoms with E-state index >= 15 is 0 Å². The fourth-order valence-corrected chi connectivity index (χ4v) is 3.07. The van der Waals surface area contributed by atoms with Crippen molar-refractivity contribution in [3.63, 3.8) is 0 Å². The lowest BCUT2D eigenvalue weighted by atomic mass is 10.2. The maximum absolute atomic E-state index is 12.3. The molecule has 0 aliphatic rings. The van der Waals surface area contributed by atoms with Gasteiger partial charge in [0.1, 0.15) is 0 Å². The Hall–Kier alpha value is -2.34. The molecule has 0 saturated carbocycles. The number of hydrogen-bond donors (Lipinski definition) is 2. The third kappa shape index (κ3) is 6.58. The standard InChI is InChI=1S/C19H23N3O2S/c1-3-4-8-18(23)21-16-6-5-7-17(13-16)25-14(2)19(24)22-15-9-11-20-12-10-15/h5-7,9-14H,3-4,8H2,1-2H3,(H,21,23)(H,20,22,24). The average molecular weight is 357 g/mol. The second-order valence-corrected chi connectivity index (χ2v) is 7.08. The summed E-state index contributed by atoms with van der Waals surface area (Å²) in [6.07, 6.45) is 5.68. The highest BCUT2D eigenvalue weighted by molar-refractivity contribution is 8.00. The van der Waals surface area contributed by atoms with Gasteiger partial charge in [0.2, 0.25) is 11.8 Å². The fourth-order valence-electron chi connectivity index (χ4n) is 2.14. The zero-order valence-corrected chi connectivity index (χ0v) is 15.3. The van der Waals surface area contributed by atoms with Gasteiger partial charge in [-0.2, -0.15) is 0 Å². The number of nitrogens with one attached hydrogen (secondary N) is 2. The molecule has 6 heteroatoms. The number of carbonyl (C=O) groups is 2. The molecule has 2 aromatic rings. The maximum Gasteiger partial charge on any atom is 0.237 e. The summed E-state index contributed by atoms with van der Waals surface area (Å²) in [6.45, 7) is 3.91. The first kappa shape index (κ1) is 19.0. The molecule has 2 rings (SSSR count). The summed E-state index contributed by atoms with van der Waals surface area (Å²) >= 11 is 1.45. The monoisotopic (exact) mass is 357 g/mol. The number of nitrogens with zero attached hydrogens (tertiary/aromatic N) is 1. The molecule has 0 fully saturated rings. The van der Waals surface area contributed by atoms with Gasteiger partial charge in [0, 0.05) is 35.1 Å². The SMILES string of the molecule is CCCCC(=O)Nc1cccc(SC(C)C(=O)Nc2ccncc2)c1. The van der Waals surface area contributed by atoms with Crippen LogP contribution in [-0.2, 0) is 9.59 Å². The van der Waals surface area contributed by atoms with Crippen LogP contribution in [0, 0.1) is 0 Å². The van der Waals surface area contributed by atoms with Crippen molar-refractivity contribution in [2.75, 3.05) is 10.6 Å². The third-order valence-electron chi connectivity index (χ3n) is 3.51. The lowest BCUT2D eigenvalue weighted by molar-refractivity contribution is -0.116. The van der Waals surface area contributed by atoms with E-state index in [2.05, 4.69) is 22.5 Å². The quantitative estimate of drug-likeness (QED) is 0.690. The number of rotatable bonds is 8. The Balaban J connectivity index is 1.92. The number of thioether (sulfide) groups is 1. The molecule has 1 aromatic heterocycles. The highest BCUT2D eigenvalue weighted by atomic mass is 32.2. The first-order chi connectivity index (χ1) is 12.1. The zero-order valence-electron chi connectivity index (χ0n) is 14.5. The molecule has 0 aliphatic carbocycles. The topological polar surface area (TPSA) is 71.1 Å². The van der Waals surface area contributed by atoms with Gasteiger partial charge in [-0.25, -0.2) is 0 Å². The van der Waals surface area contributed by atoms with Gasteiger partial charge >= 0.3 is 0 Å². The summed E-state index contributed by atoms with van der Waals surface area (Å²) in [5, 5.41) is 5.50. The van der Waals surface area contributed by atoms with Crippen LogP contribution in [0.2, 0.25) is 0 Å². The lowest BCUT2D eigenvalue weighted by Gasteiger charge is -2.13. The molecular formula is C19H23N3O2S. The van der Waals surface area contributed by atoms with Gasteiger partial charge in [-0.1, -0.05) is 19.4 Å². The van der Waals surface area contributed by atoms with E-state index in [1.165, 1.54) is 11.8 Å². The minimum atomic E-state index is -0.265. The summed E-state index contributed by atoms with van der Waals surface area (Å²) in [5.74, 6) is -0.0546. The van der Waals surface area contributed by atoms with Gasteiger partial charge in [0.15, 0.2) is 0 Å². The lowest BCUT2D eigenvalue weighted by Crippen LogP contribution is -2.22. The second-order valence-electron chi connectivity index (χ2n) is 5.66. The van der Waals surface area contributed by atoms with E-state index in [-0.39, 0.29) is 17.1 Å². The highest BCUT2D eigenvalue weighted by Crippen LogP contribution is 2.26. The molecule has 5 nitrogen and oxygen atoms in total. The Morgan fingerprint density at radius 1 is 1.12 bits per heavy atom. The van der Waals surface area contributed by atoms with Crippen LogP contribution in [0.25, 0.3) is 0 Å². The van der Waals surface area contributed by atoms with Crippen molar-refractivity contribution in [1.29, 1.82) is 0 Å². The minimum Gasteiger partial charge on any atom is -0.326 e. The smallest absolute Gasteiger partial charge is 0.237 e. The average Bonchev–Trinajstić information content (AvgIpc) is 2.61. The molecule has 2 N–H and O–H groups in total.